The molecule has 1 atom stereocenters. The Labute approximate surface area is 121 Å². The van der Waals surface area contributed by atoms with E-state index in [1.54, 1.807) is 0 Å². The molecule has 1 aliphatic heterocycles. The first-order chi connectivity index (χ1) is 8.56. The summed E-state index contributed by atoms with van der Waals surface area (Å²) in [5.41, 5.74) is 9.65. The number of aromatic nitrogens is 2. The second kappa shape index (κ2) is 4.36. The molecule has 18 heavy (non-hydrogen) atoms. The van der Waals surface area contributed by atoms with Crippen LogP contribution in [-0.4, -0.2) is 9.97 Å². The van der Waals surface area contributed by atoms with Gasteiger partial charge in [-0.3, -0.25) is 0 Å². The van der Waals surface area contributed by atoms with Gasteiger partial charge in [0.15, 0.2) is 0 Å². The number of ether oxygens (including phenoxy) is 1. The van der Waals surface area contributed by atoms with E-state index in [1.165, 1.54) is 0 Å². The van der Waals surface area contributed by atoms with E-state index in [0.717, 1.165) is 31.7 Å². The zero-order valence-electron chi connectivity index (χ0n) is 9.63. The Morgan fingerprint density at radius 3 is 2.94 bits per heavy atom. The van der Waals surface area contributed by atoms with Crippen LogP contribution in [0.2, 0.25) is 0 Å². The van der Waals surface area contributed by atoms with Crippen molar-refractivity contribution in [1.29, 1.82) is 0 Å². The fourth-order valence-electron chi connectivity index (χ4n) is 2.06. The summed E-state index contributed by atoms with van der Waals surface area (Å²) >= 11 is 6.90. The number of anilines is 1. The van der Waals surface area contributed by atoms with Gasteiger partial charge in [-0.05, 0) is 35.0 Å². The van der Waals surface area contributed by atoms with Gasteiger partial charge in [0.2, 0.25) is 0 Å². The maximum absolute atomic E-state index is 6.08. The van der Waals surface area contributed by atoms with Crippen LogP contribution < -0.4 is 5.73 Å². The largest absolute Gasteiger partial charge is 0.397 e. The number of nitrogens with two attached hydrogens (primary N) is 1. The van der Waals surface area contributed by atoms with Crippen molar-refractivity contribution >= 4 is 37.5 Å². The van der Waals surface area contributed by atoms with Gasteiger partial charge in [0.1, 0.15) is 5.82 Å². The minimum Gasteiger partial charge on any atom is -0.397 e. The quantitative estimate of drug-likeness (QED) is 0.749. The smallest absolute Gasteiger partial charge is 0.140 e. The molecule has 94 valence electrons. The summed E-state index contributed by atoms with van der Waals surface area (Å²) in [5.74, 6) is 0.787. The minimum atomic E-state index is 0.0434. The fourth-order valence-corrected chi connectivity index (χ4v) is 3.29. The first kappa shape index (κ1) is 12.2. The van der Waals surface area contributed by atoms with Crippen LogP contribution in [0.25, 0.3) is 11.4 Å². The number of rotatable bonds is 1. The predicted octanol–water partition coefficient (Wildman–Crippen LogP) is 3.78. The van der Waals surface area contributed by atoms with Crippen LogP contribution in [0, 0.1) is 0 Å². The molecule has 0 bridgehead atoms. The third-order valence-electron chi connectivity index (χ3n) is 3.02. The maximum Gasteiger partial charge on any atom is 0.140 e. The SMILES string of the molecule is CC1OCc2[nH]c(-c3cc(Br)cc(Br)c3N)nc21. The van der Waals surface area contributed by atoms with E-state index in [4.69, 9.17) is 10.5 Å². The van der Waals surface area contributed by atoms with E-state index in [0.29, 0.717) is 12.3 Å². The summed E-state index contributed by atoms with van der Waals surface area (Å²) in [4.78, 5) is 7.86. The Kier molecular flexibility index (Phi) is 2.96. The number of hydrogen-bond donors (Lipinski definition) is 2. The van der Waals surface area contributed by atoms with Gasteiger partial charge in [0, 0.05) is 14.5 Å². The molecule has 2 heterocycles. The van der Waals surface area contributed by atoms with E-state index in [2.05, 4.69) is 41.8 Å². The maximum atomic E-state index is 6.08. The third kappa shape index (κ3) is 1.88. The number of nitrogens with one attached hydrogen (secondary N) is 1. The van der Waals surface area contributed by atoms with Crippen molar-refractivity contribution in [2.75, 3.05) is 5.73 Å². The normalized spacial score (nSPS) is 18.1. The number of nitrogen functional groups attached to an aromatic ring is 1. The zero-order chi connectivity index (χ0) is 12.9. The van der Waals surface area contributed by atoms with Crippen LogP contribution in [0.4, 0.5) is 5.69 Å². The molecule has 0 radical (unpaired) electrons. The molecular formula is C12H11Br2N3O. The van der Waals surface area contributed by atoms with Gasteiger partial charge in [0.05, 0.1) is 29.8 Å². The lowest BCUT2D eigenvalue weighted by Gasteiger charge is -2.07. The third-order valence-corrected chi connectivity index (χ3v) is 4.14. The predicted molar refractivity (Wildman–Crippen MR) is 77.0 cm³/mol. The van der Waals surface area contributed by atoms with E-state index in [9.17, 15) is 0 Å². The van der Waals surface area contributed by atoms with Crippen molar-refractivity contribution in [1.82, 2.24) is 9.97 Å². The number of fused-ring (bicyclic) bond motifs is 1. The standard InChI is InChI=1S/C12H11Br2N3O/c1-5-11-9(4-18-5)16-12(17-11)7-2-6(13)3-8(14)10(7)15/h2-3,5H,4,15H2,1H3,(H,16,17). The molecule has 1 aliphatic rings. The van der Waals surface area contributed by atoms with Gasteiger partial charge in [-0.15, -0.1) is 0 Å². The number of H-pyrrole nitrogens is 1. The summed E-state index contributed by atoms with van der Waals surface area (Å²) in [5, 5.41) is 0. The Balaban J connectivity index is 2.14. The Hall–Kier alpha value is -0.850. The highest BCUT2D eigenvalue weighted by Gasteiger charge is 2.25. The van der Waals surface area contributed by atoms with Gasteiger partial charge in [-0.1, -0.05) is 15.9 Å². The highest BCUT2D eigenvalue weighted by molar-refractivity contribution is 9.11. The van der Waals surface area contributed by atoms with Crippen LogP contribution in [0.15, 0.2) is 21.1 Å². The van der Waals surface area contributed by atoms with E-state index in [1.807, 2.05) is 19.1 Å². The molecule has 6 heteroatoms. The van der Waals surface area contributed by atoms with Gasteiger partial charge in [-0.2, -0.15) is 0 Å². The Bertz CT molecular complexity index is 624. The van der Waals surface area contributed by atoms with Crippen LogP contribution in [0.5, 0.6) is 0 Å². The van der Waals surface area contributed by atoms with Gasteiger partial charge in [0.25, 0.3) is 0 Å². The molecule has 0 saturated carbocycles. The molecular weight excluding hydrogens is 362 g/mol. The van der Waals surface area contributed by atoms with Crippen molar-refractivity contribution < 1.29 is 4.74 Å². The number of benzene rings is 1. The second-order valence-corrected chi connectivity index (χ2v) is 6.02. The van der Waals surface area contributed by atoms with Crippen molar-refractivity contribution in [2.45, 2.75) is 19.6 Å². The monoisotopic (exact) mass is 371 g/mol. The van der Waals surface area contributed by atoms with Crippen molar-refractivity contribution in [2.24, 2.45) is 0 Å². The Morgan fingerprint density at radius 2 is 2.22 bits per heavy atom. The topological polar surface area (TPSA) is 63.9 Å². The number of aromatic amines is 1. The Morgan fingerprint density at radius 1 is 1.44 bits per heavy atom. The number of hydrogen-bond acceptors (Lipinski definition) is 3. The van der Waals surface area contributed by atoms with E-state index < -0.39 is 0 Å². The second-order valence-electron chi connectivity index (χ2n) is 4.25. The average molecular weight is 373 g/mol. The number of imidazole rings is 1. The fraction of sp³-hybridized carbons (Fsp3) is 0.250. The number of nitrogens with zero attached hydrogens (tertiary/aromatic N) is 1. The molecule has 3 rings (SSSR count). The van der Waals surface area contributed by atoms with Crippen LogP contribution in [0.3, 0.4) is 0 Å². The summed E-state index contributed by atoms with van der Waals surface area (Å²) < 4.78 is 7.30. The summed E-state index contributed by atoms with van der Waals surface area (Å²) in [6, 6.07) is 3.88. The molecule has 0 amide bonds. The van der Waals surface area contributed by atoms with Crippen molar-refractivity contribution in [3.63, 3.8) is 0 Å². The average Bonchev–Trinajstić information content (AvgIpc) is 2.86. The van der Waals surface area contributed by atoms with E-state index in [-0.39, 0.29) is 6.10 Å². The molecule has 1 aromatic carbocycles. The molecule has 2 aromatic rings. The number of halogens is 2. The van der Waals surface area contributed by atoms with Crippen LogP contribution in [0.1, 0.15) is 24.4 Å². The molecule has 0 spiro atoms. The molecule has 0 fully saturated rings. The van der Waals surface area contributed by atoms with Crippen LogP contribution in [-0.2, 0) is 11.3 Å². The summed E-state index contributed by atoms with van der Waals surface area (Å²) in [6.07, 6.45) is 0.0434. The molecule has 0 aliphatic carbocycles. The van der Waals surface area contributed by atoms with Gasteiger partial charge >= 0.3 is 0 Å². The first-order valence-electron chi connectivity index (χ1n) is 5.51. The molecule has 1 unspecified atom stereocenters. The molecule has 3 N–H and O–H groups in total. The van der Waals surface area contributed by atoms with Crippen LogP contribution >= 0.6 is 31.9 Å². The van der Waals surface area contributed by atoms with Crippen molar-refractivity contribution in [3.05, 3.63) is 32.5 Å². The highest BCUT2D eigenvalue weighted by Crippen LogP contribution is 2.36. The highest BCUT2D eigenvalue weighted by atomic mass is 79.9. The van der Waals surface area contributed by atoms with Gasteiger partial charge in [-0.25, -0.2) is 4.98 Å². The zero-order valence-corrected chi connectivity index (χ0v) is 12.8. The first-order valence-corrected chi connectivity index (χ1v) is 7.10. The molecule has 4 nitrogen and oxygen atoms in total. The van der Waals surface area contributed by atoms with Crippen molar-refractivity contribution in [3.8, 4) is 11.4 Å². The van der Waals surface area contributed by atoms with Gasteiger partial charge < -0.3 is 15.5 Å². The molecule has 1 aromatic heterocycles. The lowest BCUT2D eigenvalue weighted by Crippen LogP contribution is -1.95. The lowest BCUT2D eigenvalue weighted by molar-refractivity contribution is 0.0762. The summed E-state index contributed by atoms with van der Waals surface area (Å²) in [6.45, 7) is 2.58. The lowest BCUT2D eigenvalue weighted by atomic mass is 10.2. The summed E-state index contributed by atoms with van der Waals surface area (Å²) in [7, 11) is 0. The minimum absolute atomic E-state index is 0.0434. The molecule has 0 saturated heterocycles. The van der Waals surface area contributed by atoms with E-state index >= 15 is 0 Å².